The zero-order valence-corrected chi connectivity index (χ0v) is 14.5. The minimum atomic E-state index is -4.73. The fraction of sp³-hybridized carbons (Fsp3) is 0.588. The summed E-state index contributed by atoms with van der Waals surface area (Å²) in [5, 5.41) is 2.78. The SMILES string of the molecule is CN1CCN(C)[C@H](CC(=O)NCCc2ccccc2OC(F)(F)F)C1. The number of amides is 1. The van der Waals surface area contributed by atoms with Crippen LogP contribution in [0.1, 0.15) is 12.0 Å². The van der Waals surface area contributed by atoms with Crippen molar-refractivity contribution in [2.45, 2.75) is 25.2 Å². The van der Waals surface area contributed by atoms with Crippen LogP contribution in [0.2, 0.25) is 0 Å². The van der Waals surface area contributed by atoms with Crippen molar-refractivity contribution < 1.29 is 22.7 Å². The van der Waals surface area contributed by atoms with E-state index in [1.165, 1.54) is 12.1 Å². The first-order valence-electron chi connectivity index (χ1n) is 8.24. The van der Waals surface area contributed by atoms with Crippen LogP contribution in [0.15, 0.2) is 24.3 Å². The first-order chi connectivity index (χ1) is 11.7. The number of carbonyl (C=O) groups excluding carboxylic acids is 1. The van der Waals surface area contributed by atoms with E-state index in [1.807, 2.05) is 14.1 Å². The number of nitrogens with zero attached hydrogens (tertiary/aromatic N) is 2. The highest BCUT2D eigenvalue weighted by atomic mass is 19.4. The zero-order valence-electron chi connectivity index (χ0n) is 14.5. The summed E-state index contributed by atoms with van der Waals surface area (Å²) < 4.78 is 41.2. The van der Waals surface area contributed by atoms with E-state index in [9.17, 15) is 18.0 Å². The lowest BCUT2D eigenvalue weighted by atomic mass is 10.1. The van der Waals surface area contributed by atoms with Crippen LogP contribution in [-0.2, 0) is 11.2 Å². The topological polar surface area (TPSA) is 44.8 Å². The van der Waals surface area contributed by atoms with Crippen LogP contribution >= 0.6 is 0 Å². The third-order valence-corrected chi connectivity index (χ3v) is 4.32. The molecule has 0 saturated carbocycles. The van der Waals surface area contributed by atoms with Crippen LogP contribution in [-0.4, -0.2) is 68.4 Å². The molecular formula is C17H24F3N3O2. The van der Waals surface area contributed by atoms with E-state index in [0.29, 0.717) is 12.0 Å². The van der Waals surface area contributed by atoms with Gasteiger partial charge in [-0.05, 0) is 32.1 Å². The highest BCUT2D eigenvalue weighted by Gasteiger charge is 2.32. The number of likely N-dealkylation sites (N-methyl/N-ethyl adjacent to an activating group) is 2. The van der Waals surface area contributed by atoms with Crippen LogP contribution in [0.3, 0.4) is 0 Å². The number of hydrogen-bond acceptors (Lipinski definition) is 4. The molecule has 0 aliphatic carbocycles. The summed E-state index contributed by atoms with van der Waals surface area (Å²) in [6.07, 6.45) is -4.07. The molecule has 2 rings (SSSR count). The molecule has 1 atom stereocenters. The van der Waals surface area contributed by atoms with Crippen molar-refractivity contribution in [3.8, 4) is 5.75 Å². The van der Waals surface area contributed by atoms with E-state index in [-0.39, 0.29) is 30.7 Å². The number of nitrogens with one attached hydrogen (secondary N) is 1. The highest BCUT2D eigenvalue weighted by Crippen LogP contribution is 2.26. The van der Waals surface area contributed by atoms with E-state index in [1.54, 1.807) is 12.1 Å². The normalized spacial score (nSPS) is 19.6. The Labute approximate surface area is 145 Å². The molecule has 1 aromatic carbocycles. The number of benzene rings is 1. The lowest BCUT2D eigenvalue weighted by Crippen LogP contribution is -2.51. The molecule has 5 nitrogen and oxygen atoms in total. The zero-order chi connectivity index (χ0) is 18.4. The quantitative estimate of drug-likeness (QED) is 0.842. The molecule has 0 bridgehead atoms. The summed E-state index contributed by atoms with van der Waals surface area (Å²) in [5.74, 6) is -0.320. The third-order valence-electron chi connectivity index (χ3n) is 4.32. The van der Waals surface area contributed by atoms with Gasteiger partial charge in [-0.15, -0.1) is 13.2 Å². The van der Waals surface area contributed by atoms with Crippen LogP contribution < -0.4 is 10.1 Å². The average Bonchev–Trinajstić information content (AvgIpc) is 2.51. The predicted molar refractivity (Wildman–Crippen MR) is 88.4 cm³/mol. The highest BCUT2D eigenvalue weighted by molar-refractivity contribution is 5.76. The maximum absolute atomic E-state index is 12.4. The maximum Gasteiger partial charge on any atom is 0.573 e. The summed E-state index contributed by atoms with van der Waals surface area (Å²) >= 11 is 0. The maximum atomic E-state index is 12.4. The molecule has 25 heavy (non-hydrogen) atoms. The van der Waals surface area contributed by atoms with Gasteiger partial charge >= 0.3 is 6.36 Å². The summed E-state index contributed by atoms with van der Waals surface area (Å²) in [5.41, 5.74) is 0.412. The van der Waals surface area contributed by atoms with Crippen LogP contribution in [0.4, 0.5) is 13.2 Å². The summed E-state index contributed by atoms with van der Waals surface area (Å²) in [6, 6.07) is 6.12. The first kappa shape index (κ1) is 19.5. The largest absolute Gasteiger partial charge is 0.573 e. The molecule has 140 valence electrons. The van der Waals surface area contributed by atoms with Crippen molar-refractivity contribution in [1.29, 1.82) is 0 Å². The molecule has 1 aromatic rings. The number of carbonyl (C=O) groups is 1. The summed E-state index contributed by atoms with van der Waals surface area (Å²) in [4.78, 5) is 16.4. The van der Waals surface area contributed by atoms with Crippen molar-refractivity contribution in [3.63, 3.8) is 0 Å². The van der Waals surface area contributed by atoms with E-state index >= 15 is 0 Å². The Hall–Kier alpha value is -1.80. The lowest BCUT2D eigenvalue weighted by Gasteiger charge is -2.37. The molecule has 1 fully saturated rings. The lowest BCUT2D eigenvalue weighted by molar-refractivity contribution is -0.274. The van der Waals surface area contributed by atoms with Gasteiger partial charge in [0.1, 0.15) is 5.75 Å². The minimum Gasteiger partial charge on any atom is -0.406 e. The second-order valence-electron chi connectivity index (χ2n) is 6.36. The van der Waals surface area contributed by atoms with Gasteiger partial charge in [0.05, 0.1) is 0 Å². The van der Waals surface area contributed by atoms with Crippen molar-refractivity contribution >= 4 is 5.91 Å². The Bertz CT molecular complexity index is 581. The van der Waals surface area contributed by atoms with Crippen molar-refractivity contribution in [2.24, 2.45) is 0 Å². The molecule has 0 unspecified atom stereocenters. The second kappa shape index (κ2) is 8.53. The van der Waals surface area contributed by atoms with Crippen molar-refractivity contribution in [3.05, 3.63) is 29.8 Å². The van der Waals surface area contributed by atoms with Gasteiger partial charge in [-0.2, -0.15) is 0 Å². The second-order valence-corrected chi connectivity index (χ2v) is 6.36. The number of rotatable bonds is 6. The molecule has 1 amide bonds. The molecule has 1 N–H and O–H groups in total. The average molecular weight is 359 g/mol. The van der Waals surface area contributed by atoms with Gasteiger partial charge in [-0.3, -0.25) is 4.79 Å². The molecule has 0 spiro atoms. The number of para-hydroxylation sites is 1. The van der Waals surface area contributed by atoms with Crippen LogP contribution in [0.5, 0.6) is 5.75 Å². The van der Waals surface area contributed by atoms with Gasteiger partial charge in [-0.1, -0.05) is 18.2 Å². The van der Waals surface area contributed by atoms with Crippen molar-refractivity contribution in [2.75, 3.05) is 40.3 Å². The van der Waals surface area contributed by atoms with E-state index < -0.39 is 6.36 Å². The predicted octanol–water partition coefficient (Wildman–Crippen LogP) is 1.88. The first-order valence-corrected chi connectivity index (χ1v) is 8.24. The fourth-order valence-electron chi connectivity index (χ4n) is 2.88. The molecule has 1 saturated heterocycles. The Morgan fingerprint density at radius 1 is 1.28 bits per heavy atom. The van der Waals surface area contributed by atoms with Gasteiger partial charge in [0.15, 0.2) is 0 Å². The Kier molecular flexibility index (Phi) is 6.66. The van der Waals surface area contributed by atoms with E-state index in [2.05, 4.69) is 19.9 Å². The molecular weight excluding hydrogens is 335 g/mol. The molecule has 0 aromatic heterocycles. The van der Waals surface area contributed by atoms with E-state index in [4.69, 9.17) is 0 Å². The third kappa shape index (κ3) is 6.55. The number of piperazine rings is 1. The van der Waals surface area contributed by atoms with Gasteiger partial charge in [0.2, 0.25) is 5.91 Å². The fourth-order valence-corrected chi connectivity index (χ4v) is 2.88. The standard InChI is InChI=1S/C17H24F3N3O2/c1-22-9-10-23(2)14(12-22)11-16(24)21-8-7-13-5-3-4-6-15(13)25-17(18,19)20/h3-6,14H,7-12H2,1-2H3,(H,21,24)/t14-/m1/s1. The molecule has 1 aliphatic heterocycles. The monoisotopic (exact) mass is 359 g/mol. The van der Waals surface area contributed by atoms with E-state index in [0.717, 1.165) is 19.6 Å². The number of alkyl halides is 3. The van der Waals surface area contributed by atoms with Gasteiger partial charge in [0, 0.05) is 38.6 Å². The van der Waals surface area contributed by atoms with Gasteiger partial charge in [0.25, 0.3) is 0 Å². The van der Waals surface area contributed by atoms with Gasteiger partial charge in [-0.25, -0.2) is 0 Å². The van der Waals surface area contributed by atoms with Crippen LogP contribution in [0.25, 0.3) is 0 Å². The smallest absolute Gasteiger partial charge is 0.406 e. The molecule has 1 aliphatic rings. The Balaban J connectivity index is 1.81. The van der Waals surface area contributed by atoms with Gasteiger partial charge < -0.3 is 19.9 Å². The number of halogens is 3. The number of hydrogen-bond donors (Lipinski definition) is 1. The molecule has 0 radical (unpaired) electrons. The summed E-state index contributed by atoms with van der Waals surface area (Å²) in [6.45, 7) is 2.98. The van der Waals surface area contributed by atoms with Crippen molar-refractivity contribution in [1.82, 2.24) is 15.1 Å². The number of ether oxygens (including phenoxy) is 1. The molecule has 1 heterocycles. The van der Waals surface area contributed by atoms with Crippen LogP contribution in [0, 0.1) is 0 Å². The Morgan fingerprint density at radius 2 is 2.00 bits per heavy atom. The molecule has 8 heteroatoms. The summed E-state index contributed by atoms with van der Waals surface area (Å²) in [7, 11) is 4.02. The minimum absolute atomic E-state index is 0.0960. The Morgan fingerprint density at radius 3 is 2.72 bits per heavy atom.